The Morgan fingerprint density at radius 1 is 1.50 bits per heavy atom. The molecule has 40 valence electrons. The van der Waals surface area contributed by atoms with Gasteiger partial charge < -0.3 is 10.6 Å². The van der Waals surface area contributed by atoms with Gasteiger partial charge in [-0.1, -0.05) is 0 Å². The molecule has 0 rings (SSSR count). The monoisotopic (exact) mass is 92.1 g/mol. The smallest absolute Gasteiger partial charge is 0.0402 e. The third-order valence-electron chi connectivity index (χ3n) is 0. The molecule has 0 aromatic heterocycles. The van der Waals surface area contributed by atoms with E-state index >= 15 is 0 Å². The molecule has 0 heterocycles. The molecular formula is C4H12O2. The molecule has 2 nitrogen and oxygen atoms in total. The number of rotatable bonds is 0. The highest BCUT2D eigenvalue weighted by molar-refractivity contribution is 4.22. The Labute approximate surface area is 38.4 Å². The average molecular weight is 92.1 g/mol. The summed E-state index contributed by atoms with van der Waals surface area (Å²) in [5.74, 6) is 0. The van der Waals surface area contributed by atoms with Crippen LogP contribution in [0.25, 0.3) is 0 Å². The second-order valence-electron chi connectivity index (χ2n) is 0.316. The molecule has 6 heavy (non-hydrogen) atoms. The van der Waals surface area contributed by atoms with Gasteiger partial charge in [0.1, 0.15) is 0 Å². The molecule has 0 aliphatic heterocycles. The Hall–Kier alpha value is -0.340. The maximum Gasteiger partial charge on any atom is 0.0402 e. The van der Waals surface area contributed by atoms with Crippen LogP contribution in [0.3, 0.4) is 0 Å². The van der Waals surface area contributed by atoms with Crippen LogP contribution in [0.15, 0.2) is 13.2 Å². The summed E-state index contributed by atoms with van der Waals surface area (Å²) in [6.45, 7) is 7.93. The first kappa shape index (κ1) is 17.4. The van der Waals surface area contributed by atoms with Gasteiger partial charge in [0.15, 0.2) is 0 Å². The van der Waals surface area contributed by atoms with E-state index in [0.29, 0.717) is 0 Å². The van der Waals surface area contributed by atoms with Crippen LogP contribution in [0.5, 0.6) is 0 Å². The molecule has 0 saturated heterocycles. The zero-order chi connectivity index (χ0) is 4.71. The zero-order valence-corrected chi connectivity index (χ0v) is 4.07. The van der Waals surface area contributed by atoms with Crippen molar-refractivity contribution in [2.45, 2.75) is 6.92 Å². The molecule has 0 aliphatic carbocycles. The number of hydrogen-bond acceptors (Lipinski definition) is 1. The summed E-state index contributed by atoms with van der Waals surface area (Å²) in [5, 5.41) is 7.57. The van der Waals surface area contributed by atoms with E-state index in [0.717, 1.165) is 0 Å². The van der Waals surface area contributed by atoms with E-state index in [1.807, 2.05) is 0 Å². The van der Waals surface area contributed by atoms with Gasteiger partial charge in [-0.3, -0.25) is 0 Å². The Kier molecular flexibility index (Phi) is 415. The van der Waals surface area contributed by atoms with Crippen LogP contribution < -0.4 is 0 Å². The van der Waals surface area contributed by atoms with Crippen LogP contribution in [0.4, 0.5) is 0 Å². The fourth-order valence-electron chi connectivity index (χ4n) is 0. The maximum atomic E-state index is 7.57. The van der Waals surface area contributed by atoms with Crippen molar-refractivity contribution in [3.8, 4) is 0 Å². The Morgan fingerprint density at radius 3 is 1.50 bits per heavy atom. The first-order valence-electron chi connectivity index (χ1n) is 1.52. The Balaban J connectivity index is -0.0000000275. The molecule has 0 aromatic rings. The summed E-state index contributed by atoms with van der Waals surface area (Å²) in [5.41, 5.74) is 0. The fraction of sp³-hybridized carbons (Fsp3) is 0.500. The molecule has 0 radical (unpaired) electrons. The molecule has 3 N–H and O–H groups in total. The summed E-state index contributed by atoms with van der Waals surface area (Å²) < 4.78 is 0. The summed E-state index contributed by atoms with van der Waals surface area (Å²) in [6.07, 6.45) is 0. The van der Waals surface area contributed by atoms with Gasteiger partial charge in [0.2, 0.25) is 0 Å². The third kappa shape index (κ3) is 224. The predicted octanol–water partition coefficient (Wildman–Crippen LogP) is -0.0239. The van der Waals surface area contributed by atoms with E-state index < -0.39 is 0 Å². The maximum absolute atomic E-state index is 7.57. The minimum absolute atomic E-state index is 0. The number of aliphatic hydroxyl groups is 1. The molecule has 0 fully saturated rings. The van der Waals surface area contributed by atoms with Crippen LogP contribution in [-0.4, -0.2) is 17.2 Å². The van der Waals surface area contributed by atoms with Crippen LogP contribution in [0, 0.1) is 0 Å². The molecule has 0 unspecified atom stereocenters. The molecule has 0 atom stereocenters. The molecule has 0 spiro atoms. The van der Waals surface area contributed by atoms with Crippen molar-refractivity contribution < 1.29 is 10.6 Å². The summed E-state index contributed by atoms with van der Waals surface area (Å²) in [7, 11) is 0. The molecule has 0 aliphatic rings. The SMILES string of the molecule is C=C.CCO.O. The van der Waals surface area contributed by atoms with Gasteiger partial charge in [0.25, 0.3) is 0 Å². The zero-order valence-electron chi connectivity index (χ0n) is 4.07. The van der Waals surface area contributed by atoms with Gasteiger partial charge in [-0.25, -0.2) is 0 Å². The summed E-state index contributed by atoms with van der Waals surface area (Å²) in [6, 6.07) is 0. The van der Waals surface area contributed by atoms with Gasteiger partial charge in [0.05, 0.1) is 0 Å². The lowest BCUT2D eigenvalue weighted by Gasteiger charge is -1.52. The molecule has 0 aromatic carbocycles. The summed E-state index contributed by atoms with van der Waals surface area (Å²) >= 11 is 0. The molecule has 0 amide bonds. The second kappa shape index (κ2) is 143. The molecular weight excluding hydrogens is 80.0 g/mol. The minimum Gasteiger partial charge on any atom is -0.412 e. The average Bonchev–Trinajstić information content (AvgIpc) is 1.46. The van der Waals surface area contributed by atoms with E-state index in [4.69, 9.17) is 5.11 Å². The Bertz CT molecular complexity index is 9.51. The van der Waals surface area contributed by atoms with Crippen LogP contribution >= 0.6 is 0 Å². The van der Waals surface area contributed by atoms with Gasteiger partial charge in [-0.15, -0.1) is 13.2 Å². The molecule has 0 bridgehead atoms. The van der Waals surface area contributed by atoms with Gasteiger partial charge in [0, 0.05) is 6.61 Å². The van der Waals surface area contributed by atoms with Crippen molar-refractivity contribution in [3.05, 3.63) is 13.2 Å². The van der Waals surface area contributed by atoms with Crippen molar-refractivity contribution in [2.75, 3.05) is 6.61 Å². The van der Waals surface area contributed by atoms with E-state index in [-0.39, 0.29) is 12.1 Å². The van der Waals surface area contributed by atoms with Crippen LogP contribution in [-0.2, 0) is 0 Å². The van der Waals surface area contributed by atoms with Crippen molar-refractivity contribution in [1.29, 1.82) is 0 Å². The first-order chi connectivity index (χ1) is 2.41. The number of hydrogen-bond donors (Lipinski definition) is 1. The molecule has 2 heteroatoms. The van der Waals surface area contributed by atoms with Crippen LogP contribution in [0.2, 0.25) is 0 Å². The first-order valence-corrected chi connectivity index (χ1v) is 1.52. The summed E-state index contributed by atoms with van der Waals surface area (Å²) in [4.78, 5) is 0. The fourth-order valence-corrected chi connectivity index (χ4v) is 0. The highest BCUT2D eigenvalue weighted by Gasteiger charge is 1.34. The van der Waals surface area contributed by atoms with E-state index in [9.17, 15) is 0 Å². The molecule has 0 saturated carbocycles. The lowest BCUT2D eigenvalue weighted by Crippen LogP contribution is -1.57. The minimum atomic E-state index is 0. The lowest BCUT2D eigenvalue weighted by molar-refractivity contribution is 0.318. The van der Waals surface area contributed by atoms with Crippen molar-refractivity contribution in [3.63, 3.8) is 0 Å². The van der Waals surface area contributed by atoms with Gasteiger partial charge in [-0.05, 0) is 6.92 Å². The predicted molar refractivity (Wildman–Crippen MR) is 27.6 cm³/mol. The third-order valence-corrected chi connectivity index (χ3v) is 0. The van der Waals surface area contributed by atoms with Gasteiger partial charge >= 0.3 is 0 Å². The van der Waals surface area contributed by atoms with Crippen LogP contribution in [0.1, 0.15) is 6.92 Å². The largest absolute Gasteiger partial charge is 0.412 e. The highest BCUT2D eigenvalue weighted by Crippen LogP contribution is 1.30. The van der Waals surface area contributed by atoms with E-state index in [2.05, 4.69) is 13.2 Å². The Morgan fingerprint density at radius 2 is 1.50 bits per heavy atom. The highest BCUT2D eigenvalue weighted by atomic mass is 16.2. The van der Waals surface area contributed by atoms with Crippen molar-refractivity contribution in [2.24, 2.45) is 0 Å². The van der Waals surface area contributed by atoms with Crippen molar-refractivity contribution in [1.82, 2.24) is 0 Å². The van der Waals surface area contributed by atoms with E-state index in [1.165, 1.54) is 0 Å². The number of aliphatic hydroxyl groups excluding tert-OH is 1. The standard InChI is InChI=1S/C2H6O.C2H4.H2O/c1-2-3;1-2;/h3H,2H2,1H3;1-2H2;1H2. The normalized spacial score (nSPS) is 3.67. The quantitative estimate of drug-likeness (QED) is 0.419. The second-order valence-corrected chi connectivity index (χ2v) is 0.316. The lowest BCUT2D eigenvalue weighted by atomic mass is 10.9. The van der Waals surface area contributed by atoms with E-state index in [1.54, 1.807) is 6.92 Å². The van der Waals surface area contributed by atoms with Gasteiger partial charge in [-0.2, -0.15) is 0 Å². The topological polar surface area (TPSA) is 51.7 Å². The van der Waals surface area contributed by atoms with Crippen molar-refractivity contribution >= 4 is 0 Å².